The van der Waals surface area contributed by atoms with Gasteiger partial charge in [0.05, 0.1) is 5.60 Å². The largest absolute Gasteiger partial charge is 0.388 e. The van der Waals surface area contributed by atoms with E-state index in [2.05, 4.69) is 20.4 Å². The Morgan fingerprint density at radius 3 is 3.00 bits per heavy atom. The predicted molar refractivity (Wildman–Crippen MR) is 67.8 cm³/mol. The molecule has 7 heteroatoms. The summed E-state index contributed by atoms with van der Waals surface area (Å²) in [5, 5.41) is 17.8. The van der Waals surface area contributed by atoms with Gasteiger partial charge in [0.2, 0.25) is 0 Å². The highest BCUT2D eigenvalue weighted by molar-refractivity contribution is 6.30. The summed E-state index contributed by atoms with van der Waals surface area (Å²) in [6, 6.07) is 0. The van der Waals surface area contributed by atoms with Crippen molar-refractivity contribution < 1.29 is 5.11 Å². The smallest absolute Gasteiger partial charge is 0.255 e. The zero-order valence-electron chi connectivity index (χ0n) is 10.0. The average molecular weight is 268 g/mol. The second-order valence-corrected chi connectivity index (χ2v) is 5.14. The average Bonchev–Trinajstić information content (AvgIpc) is 2.75. The van der Waals surface area contributed by atoms with Crippen LogP contribution in [0.25, 0.3) is 5.78 Å². The molecule has 0 unspecified atom stereocenters. The van der Waals surface area contributed by atoms with Crippen LogP contribution in [0.2, 0.25) is 5.15 Å². The maximum Gasteiger partial charge on any atom is 0.255 e. The molecular formula is C11H14ClN5O. The van der Waals surface area contributed by atoms with E-state index in [4.69, 9.17) is 11.6 Å². The van der Waals surface area contributed by atoms with Crippen molar-refractivity contribution in [3.05, 3.63) is 17.0 Å². The van der Waals surface area contributed by atoms with Crippen LogP contribution in [0.15, 0.2) is 6.33 Å². The zero-order chi connectivity index (χ0) is 12.8. The quantitative estimate of drug-likeness (QED) is 0.823. The molecule has 2 heterocycles. The standard InChI is InChI=1S/C11H14ClN5O/c1-7-8(12)16-10-14-6-15-17(10)9(7)13-5-11(18)3-2-4-11/h6,13,18H,2-5H2,1H3. The molecule has 1 aliphatic carbocycles. The van der Waals surface area contributed by atoms with E-state index in [1.54, 1.807) is 4.52 Å². The van der Waals surface area contributed by atoms with Gasteiger partial charge < -0.3 is 10.4 Å². The molecule has 2 aromatic rings. The SMILES string of the molecule is Cc1c(Cl)nc2ncnn2c1NCC1(O)CCC1. The molecule has 2 aromatic heterocycles. The third-order valence-corrected chi connectivity index (χ3v) is 3.84. The lowest BCUT2D eigenvalue weighted by Gasteiger charge is -2.36. The first-order chi connectivity index (χ1) is 8.59. The van der Waals surface area contributed by atoms with Crippen molar-refractivity contribution in [3.63, 3.8) is 0 Å². The minimum Gasteiger partial charge on any atom is -0.388 e. The zero-order valence-corrected chi connectivity index (χ0v) is 10.8. The van der Waals surface area contributed by atoms with E-state index in [9.17, 15) is 5.11 Å². The van der Waals surface area contributed by atoms with Crippen LogP contribution in [0.3, 0.4) is 0 Å². The van der Waals surface area contributed by atoms with Crippen molar-refractivity contribution >= 4 is 23.2 Å². The predicted octanol–water partition coefficient (Wildman–Crippen LogP) is 1.41. The number of rotatable bonds is 3. The highest BCUT2D eigenvalue weighted by atomic mass is 35.5. The first-order valence-corrected chi connectivity index (χ1v) is 6.29. The van der Waals surface area contributed by atoms with Crippen LogP contribution in [-0.2, 0) is 0 Å². The number of fused-ring (bicyclic) bond motifs is 1. The van der Waals surface area contributed by atoms with E-state index in [1.807, 2.05) is 6.92 Å². The third kappa shape index (κ3) is 1.81. The molecule has 1 fully saturated rings. The Bertz CT molecular complexity index is 592. The molecule has 0 saturated heterocycles. The van der Waals surface area contributed by atoms with Gasteiger partial charge in [-0.25, -0.2) is 0 Å². The van der Waals surface area contributed by atoms with Crippen LogP contribution in [0, 0.1) is 6.92 Å². The minimum absolute atomic E-state index is 0.401. The fourth-order valence-electron chi connectivity index (χ4n) is 2.11. The number of aromatic nitrogens is 4. The van der Waals surface area contributed by atoms with E-state index in [-0.39, 0.29) is 0 Å². The molecule has 96 valence electrons. The van der Waals surface area contributed by atoms with Gasteiger partial charge in [-0.1, -0.05) is 11.6 Å². The van der Waals surface area contributed by atoms with Crippen molar-refractivity contribution in [2.45, 2.75) is 31.8 Å². The summed E-state index contributed by atoms with van der Waals surface area (Å²) < 4.78 is 1.60. The van der Waals surface area contributed by atoms with Crippen molar-refractivity contribution in [1.82, 2.24) is 19.6 Å². The van der Waals surface area contributed by atoms with Crippen LogP contribution in [0.5, 0.6) is 0 Å². The lowest BCUT2D eigenvalue weighted by atomic mass is 9.80. The van der Waals surface area contributed by atoms with Crippen molar-refractivity contribution in [2.75, 3.05) is 11.9 Å². The fraction of sp³-hybridized carbons (Fsp3) is 0.545. The fourth-order valence-corrected chi connectivity index (χ4v) is 2.28. The lowest BCUT2D eigenvalue weighted by Crippen LogP contribution is -2.43. The van der Waals surface area contributed by atoms with E-state index in [0.29, 0.717) is 17.5 Å². The lowest BCUT2D eigenvalue weighted by molar-refractivity contribution is -0.0202. The summed E-state index contributed by atoms with van der Waals surface area (Å²) in [6.45, 7) is 2.35. The molecule has 0 amide bonds. The van der Waals surface area contributed by atoms with Crippen LogP contribution in [0.1, 0.15) is 24.8 Å². The first kappa shape index (κ1) is 11.7. The Balaban J connectivity index is 1.94. The summed E-state index contributed by atoms with van der Waals surface area (Å²) in [5.41, 5.74) is 0.201. The monoisotopic (exact) mass is 267 g/mol. The van der Waals surface area contributed by atoms with E-state index >= 15 is 0 Å². The maximum atomic E-state index is 10.1. The molecule has 0 aliphatic heterocycles. The Morgan fingerprint density at radius 1 is 1.56 bits per heavy atom. The Kier molecular flexibility index (Phi) is 2.64. The second-order valence-electron chi connectivity index (χ2n) is 4.78. The van der Waals surface area contributed by atoms with E-state index in [0.717, 1.165) is 30.6 Å². The first-order valence-electron chi connectivity index (χ1n) is 5.91. The molecule has 1 aliphatic rings. The number of nitrogens with one attached hydrogen (secondary N) is 1. The molecule has 2 N–H and O–H groups in total. The normalized spacial score (nSPS) is 17.7. The van der Waals surface area contributed by atoms with Crippen LogP contribution >= 0.6 is 11.6 Å². The van der Waals surface area contributed by atoms with Gasteiger partial charge >= 0.3 is 0 Å². The highest BCUT2D eigenvalue weighted by Crippen LogP contribution is 2.32. The van der Waals surface area contributed by atoms with E-state index < -0.39 is 5.60 Å². The third-order valence-electron chi connectivity index (χ3n) is 3.47. The molecule has 0 radical (unpaired) electrons. The van der Waals surface area contributed by atoms with Gasteiger partial charge in [0, 0.05) is 12.1 Å². The number of nitrogens with zero attached hydrogens (tertiary/aromatic N) is 4. The number of aliphatic hydroxyl groups is 1. The molecule has 1 saturated carbocycles. The van der Waals surface area contributed by atoms with Gasteiger partial charge in [-0.15, -0.1) is 0 Å². The summed E-state index contributed by atoms with van der Waals surface area (Å²) in [6.07, 6.45) is 4.17. The molecule has 0 atom stereocenters. The van der Waals surface area contributed by atoms with Gasteiger partial charge in [0.1, 0.15) is 17.3 Å². The molecule has 0 bridgehead atoms. The van der Waals surface area contributed by atoms with Crippen LogP contribution < -0.4 is 5.32 Å². The highest BCUT2D eigenvalue weighted by Gasteiger charge is 2.34. The van der Waals surface area contributed by atoms with Gasteiger partial charge in [-0.3, -0.25) is 0 Å². The van der Waals surface area contributed by atoms with E-state index in [1.165, 1.54) is 6.33 Å². The summed E-state index contributed by atoms with van der Waals surface area (Å²) in [4.78, 5) is 8.14. The molecule has 18 heavy (non-hydrogen) atoms. The topological polar surface area (TPSA) is 75.3 Å². The molecule has 0 aromatic carbocycles. The Morgan fingerprint density at radius 2 is 2.33 bits per heavy atom. The molecular weight excluding hydrogens is 254 g/mol. The second kappa shape index (κ2) is 4.07. The molecule has 0 spiro atoms. The molecule has 6 nitrogen and oxygen atoms in total. The number of hydrogen-bond acceptors (Lipinski definition) is 5. The van der Waals surface area contributed by atoms with Crippen molar-refractivity contribution in [1.29, 1.82) is 0 Å². The minimum atomic E-state index is -0.602. The maximum absolute atomic E-state index is 10.1. The summed E-state index contributed by atoms with van der Waals surface area (Å²) in [5.74, 6) is 1.19. The van der Waals surface area contributed by atoms with Crippen molar-refractivity contribution in [3.8, 4) is 0 Å². The summed E-state index contributed by atoms with van der Waals surface area (Å²) >= 11 is 6.05. The molecule has 3 rings (SSSR count). The number of anilines is 1. The van der Waals surface area contributed by atoms with Gasteiger partial charge in [-0.2, -0.15) is 19.6 Å². The number of halogens is 1. The van der Waals surface area contributed by atoms with Crippen LogP contribution in [-0.4, -0.2) is 36.8 Å². The Hall–Kier alpha value is -1.40. The van der Waals surface area contributed by atoms with Gasteiger partial charge in [0.15, 0.2) is 0 Å². The van der Waals surface area contributed by atoms with Crippen LogP contribution in [0.4, 0.5) is 5.82 Å². The summed E-state index contributed by atoms with van der Waals surface area (Å²) in [7, 11) is 0. The number of hydrogen-bond donors (Lipinski definition) is 2. The Labute approximate surface area is 109 Å². The van der Waals surface area contributed by atoms with Crippen molar-refractivity contribution in [2.24, 2.45) is 0 Å². The van der Waals surface area contributed by atoms with Gasteiger partial charge in [-0.05, 0) is 26.2 Å². The van der Waals surface area contributed by atoms with Gasteiger partial charge in [0.25, 0.3) is 5.78 Å².